The van der Waals surface area contributed by atoms with Crippen molar-refractivity contribution in [1.82, 2.24) is 29.5 Å². The van der Waals surface area contributed by atoms with E-state index < -0.39 is 24.2 Å². The second-order valence-corrected chi connectivity index (χ2v) is 8.26. The molecule has 0 bridgehead atoms. The number of benzene rings is 1. The third-order valence-electron chi connectivity index (χ3n) is 6.05. The first-order valence-electron chi connectivity index (χ1n) is 11.4. The van der Waals surface area contributed by atoms with Gasteiger partial charge >= 0.3 is 0 Å². The summed E-state index contributed by atoms with van der Waals surface area (Å²) in [5.74, 6) is -1.08. The first-order chi connectivity index (χ1) is 17.3. The van der Waals surface area contributed by atoms with E-state index in [-0.39, 0.29) is 24.2 Å². The molecule has 36 heavy (non-hydrogen) atoms. The Labute approximate surface area is 206 Å². The number of hydrogen-bond acceptors (Lipinski definition) is 7. The van der Waals surface area contributed by atoms with Gasteiger partial charge in [-0.3, -0.25) is 9.59 Å². The molecule has 0 aliphatic carbocycles. The highest BCUT2D eigenvalue weighted by Gasteiger charge is 2.28. The fourth-order valence-corrected chi connectivity index (χ4v) is 3.86. The van der Waals surface area contributed by atoms with Crippen LogP contribution in [0.4, 0.5) is 8.78 Å². The van der Waals surface area contributed by atoms with Gasteiger partial charge in [-0.25, -0.2) is 18.7 Å². The average molecular weight is 501 g/mol. The molecule has 0 saturated carbocycles. The predicted molar refractivity (Wildman–Crippen MR) is 124 cm³/mol. The molecule has 1 aliphatic rings. The number of ether oxygens (including phenoxy) is 1. The Bertz CT molecular complexity index is 1230. The molecule has 1 N–H and O–H groups in total. The molecule has 1 fully saturated rings. The third kappa shape index (κ3) is 5.09. The summed E-state index contributed by atoms with van der Waals surface area (Å²) >= 11 is 0. The maximum absolute atomic E-state index is 13.5. The van der Waals surface area contributed by atoms with Crippen molar-refractivity contribution in [1.29, 1.82) is 0 Å². The predicted octanol–water partition coefficient (Wildman–Crippen LogP) is 2.40. The minimum atomic E-state index is -2.93. The van der Waals surface area contributed by atoms with Crippen LogP contribution in [0.5, 0.6) is 0 Å². The maximum Gasteiger partial charge on any atom is 0.299 e. The molecule has 190 valence electrons. The summed E-state index contributed by atoms with van der Waals surface area (Å²) in [6.07, 6.45) is -1.58. The van der Waals surface area contributed by atoms with Gasteiger partial charge in [0, 0.05) is 31.9 Å². The van der Waals surface area contributed by atoms with E-state index in [9.17, 15) is 23.5 Å². The third-order valence-corrected chi connectivity index (χ3v) is 6.05. The zero-order valence-corrected chi connectivity index (χ0v) is 19.8. The molecule has 3 heterocycles. The van der Waals surface area contributed by atoms with Crippen LogP contribution >= 0.6 is 0 Å². The van der Waals surface area contributed by atoms with Gasteiger partial charge in [0.1, 0.15) is 0 Å². The molecule has 4 rings (SSSR count). The lowest BCUT2D eigenvalue weighted by Gasteiger charge is -2.27. The van der Waals surface area contributed by atoms with Gasteiger partial charge in [0.2, 0.25) is 5.82 Å². The number of rotatable bonds is 7. The molecule has 12 heteroatoms. The topological polar surface area (TPSA) is 114 Å². The van der Waals surface area contributed by atoms with Crippen LogP contribution in [-0.4, -0.2) is 79.8 Å². The Morgan fingerprint density at radius 2 is 1.89 bits per heavy atom. The van der Waals surface area contributed by atoms with Crippen molar-refractivity contribution >= 4 is 11.8 Å². The highest BCUT2D eigenvalue weighted by molar-refractivity contribution is 5.95. The molecule has 10 nitrogen and oxygen atoms in total. The van der Waals surface area contributed by atoms with Crippen LogP contribution in [0.2, 0.25) is 0 Å². The summed E-state index contributed by atoms with van der Waals surface area (Å²) in [4.78, 5) is 37.1. The number of aliphatic hydroxyl groups is 1. The first kappa shape index (κ1) is 25.3. The van der Waals surface area contributed by atoms with E-state index in [1.54, 1.807) is 42.2 Å². The lowest BCUT2D eigenvalue weighted by atomic mass is 10.1. The van der Waals surface area contributed by atoms with Crippen LogP contribution in [0, 0.1) is 0 Å². The molecule has 1 saturated heterocycles. The van der Waals surface area contributed by atoms with Gasteiger partial charge in [0.15, 0.2) is 11.6 Å². The first-order valence-corrected chi connectivity index (χ1v) is 11.4. The number of halogens is 2. The quantitative estimate of drug-likeness (QED) is 0.530. The van der Waals surface area contributed by atoms with E-state index >= 15 is 0 Å². The number of carbonyl (C=O) groups is 2. The molecular formula is C24H26F2N6O4. The molecular weight excluding hydrogens is 474 g/mol. The maximum atomic E-state index is 13.5. The van der Waals surface area contributed by atoms with Gasteiger partial charge in [0.25, 0.3) is 18.2 Å². The number of alkyl halides is 2. The highest BCUT2D eigenvalue weighted by atomic mass is 19.3. The molecule has 2 amide bonds. The van der Waals surface area contributed by atoms with Gasteiger partial charge in [-0.05, 0) is 30.7 Å². The van der Waals surface area contributed by atoms with E-state index in [1.807, 2.05) is 0 Å². The zero-order chi connectivity index (χ0) is 25.8. The van der Waals surface area contributed by atoms with Crippen molar-refractivity contribution in [3.8, 4) is 5.82 Å². The Morgan fingerprint density at radius 1 is 1.17 bits per heavy atom. The van der Waals surface area contributed by atoms with Crippen LogP contribution in [0.3, 0.4) is 0 Å². The minimum Gasteiger partial charge on any atom is -0.392 e. The van der Waals surface area contributed by atoms with Crippen molar-refractivity contribution in [2.24, 2.45) is 0 Å². The summed E-state index contributed by atoms with van der Waals surface area (Å²) in [6.45, 7) is 3.18. The smallest absolute Gasteiger partial charge is 0.299 e. The number of morpholine rings is 1. The lowest BCUT2D eigenvalue weighted by Crippen LogP contribution is -2.40. The Hall–Kier alpha value is -3.77. The molecule has 1 atom stereocenters. The van der Waals surface area contributed by atoms with E-state index in [4.69, 9.17) is 4.74 Å². The van der Waals surface area contributed by atoms with E-state index in [1.165, 1.54) is 24.2 Å². The molecule has 0 spiro atoms. The minimum absolute atomic E-state index is 0.0717. The lowest BCUT2D eigenvalue weighted by molar-refractivity contribution is 0.0302. The SMILES string of the molecule is CC(c1nc(C(F)F)nn1-c1ccc(C(=O)N2CCOCC2)cn1)N(C)C(=O)c1ccccc1CO. The van der Waals surface area contributed by atoms with Crippen molar-refractivity contribution in [3.63, 3.8) is 0 Å². The largest absolute Gasteiger partial charge is 0.392 e. The normalized spacial score (nSPS) is 14.7. The summed E-state index contributed by atoms with van der Waals surface area (Å²) in [5, 5.41) is 13.5. The molecule has 1 aliphatic heterocycles. The van der Waals surface area contributed by atoms with Gasteiger partial charge in [-0.1, -0.05) is 18.2 Å². The number of aromatic nitrogens is 4. The second kappa shape index (κ2) is 10.9. The van der Waals surface area contributed by atoms with E-state index in [2.05, 4.69) is 15.1 Å². The molecule has 2 aromatic heterocycles. The van der Waals surface area contributed by atoms with Gasteiger partial charge in [-0.2, -0.15) is 4.68 Å². The van der Waals surface area contributed by atoms with Gasteiger partial charge in [0.05, 0.1) is 31.4 Å². The van der Waals surface area contributed by atoms with Crippen molar-refractivity contribution < 1.29 is 28.2 Å². The van der Waals surface area contributed by atoms with Crippen LogP contribution < -0.4 is 0 Å². The van der Waals surface area contributed by atoms with Crippen LogP contribution in [0.15, 0.2) is 42.6 Å². The van der Waals surface area contributed by atoms with Gasteiger partial charge in [-0.15, -0.1) is 5.10 Å². The molecule has 1 aromatic carbocycles. The summed E-state index contributed by atoms with van der Waals surface area (Å²) in [7, 11) is 1.51. The van der Waals surface area contributed by atoms with Crippen LogP contribution in [0.1, 0.15) is 57.3 Å². The summed E-state index contributed by atoms with van der Waals surface area (Å²) < 4.78 is 33.4. The Morgan fingerprint density at radius 3 is 2.53 bits per heavy atom. The monoisotopic (exact) mass is 500 g/mol. The van der Waals surface area contributed by atoms with Gasteiger partial charge < -0.3 is 19.6 Å². The number of nitrogens with zero attached hydrogens (tertiary/aromatic N) is 6. The number of aliphatic hydroxyl groups excluding tert-OH is 1. The van der Waals surface area contributed by atoms with Crippen molar-refractivity contribution in [3.05, 3.63) is 70.9 Å². The van der Waals surface area contributed by atoms with E-state index in [0.29, 0.717) is 43.0 Å². The fourth-order valence-electron chi connectivity index (χ4n) is 3.86. The standard InChI is InChI=1S/C24H26F2N6O4/c1-15(30(2)24(35)18-6-4-3-5-17(18)14-33)22-28-21(20(25)26)29-32(22)19-8-7-16(13-27-19)23(34)31-9-11-36-12-10-31/h3-8,13,15,20,33H,9-12,14H2,1-2H3. The fraction of sp³-hybridized carbons (Fsp3) is 0.375. The van der Waals surface area contributed by atoms with Crippen molar-refractivity contribution in [2.75, 3.05) is 33.4 Å². The van der Waals surface area contributed by atoms with E-state index in [0.717, 1.165) is 4.68 Å². The number of amides is 2. The highest BCUT2D eigenvalue weighted by Crippen LogP contribution is 2.26. The number of pyridine rings is 1. The number of carbonyl (C=O) groups excluding carboxylic acids is 2. The Balaban J connectivity index is 1.63. The zero-order valence-electron chi connectivity index (χ0n) is 19.8. The summed E-state index contributed by atoms with van der Waals surface area (Å²) in [6, 6.07) is 8.86. The second-order valence-electron chi connectivity index (χ2n) is 8.26. The average Bonchev–Trinajstić information content (AvgIpc) is 3.38. The Kier molecular flexibility index (Phi) is 7.65. The van der Waals surface area contributed by atoms with Crippen LogP contribution in [0.25, 0.3) is 5.82 Å². The molecule has 0 radical (unpaired) electrons. The molecule has 3 aromatic rings. The number of hydrogen-bond donors (Lipinski definition) is 1. The molecule has 1 unspecified atom stereocenters. The van der Waals surface area contributed by atoms with Crippen LogP contribution in [-0.2, 0) is 11.3 Å². The summed E-state index contributed by atoms with van der Waals surface area (Å²) in [5.41, 5.74) is 1.08. The van der Waals surface area contributed by atoms with Crippen molar-refractivity contribution in [2.45, 2.75) is 26.0 Å².